The van der Waals surface area contributed by atoms with Gasteiger partial charge in [0.2, 0.25) is 5.95 Å². The van der Waals surface area contributed by atoms with Crippen molar-refractivity contribution in [3.63, 3.8) is 0 Å². The predicted octanol–water partition coefficient (Wildman–Crippen LogP) is 3.13. The molecule has 0 atom stereocenters. The first-order valence-corrected chi connectivity index (χ1v) is 5.60. The maximum absolute atomic E-state index is 13.4. The molecule has 1 aromatic heterocycles. The Morgan fingerprint density at radius 1 is 1.18 bits per heavy atom. The highest BCUT2D eigenvalue weighted by Gasteiger charge is 2.03. The molecule has 0 unspecified atom stereocenters. The van der Waals surface area contributed by atoms with E-state index in [1.165, 1.54) is 6.07 Å². The van der Waals surface area contributed by atoms with E-state index < -0.39 is 5.95 Å². The summed E-state index contributed by atoms with van der Waals surface area (Å²) in [6.45, 7) is 0.224. The van der Waals surface area contributed by atoms with E-state index >= 15 is 0 Å². The predicted molar refractivity (Wildman–Crippen MR) is 63.4 cm³/mol. The van der Waals surface area contributed by atoms with E-state index in [-0.39, 0.29) is 12.4 Å². The fraction of sp³-hybridized carbons (Fsp3) is 0.0909. The third-order valence-electron chi connectivity index (χ3n) is 2.10. The third kappa shape index (κ3) is 3.20. The fourth-order valence-electron chi connectivity index (χ4n) is 1.29. The number of rotatable bonds is 3. The van der Waals surface area contributed by atoms with Crippen LogP contribution in [0.25, 0.3) is 0 Å². The summed E-state index contributed by atoms with van der Waals surface area (Å²) < 4.78 is 26.9. The molecule has 0 spiro atoms. The zero-order valence-electron chi connectivity index (χ0n) is 8.62. The summed E-state index contributed by atoms with van der Waals surface area (Å²) in [7, 11) is 0. The topological polar surface area (TPSA) is 37.8 Å². The lowest BCUT2D eigenvalue weighted by molar-refractivity contribution is 0.580. The molecular formula is C11H8BrF2N3. The van der Waals surface area contributed by atoms with E-state index in [2.05, 4.69) is 31.2 Å². The minimum absolute atomic E-state index is 0.224. The van der Waals surface area contributed by atoms with Crippen molar-refractivity contribution in [2.24, 2.45) is 0 Å². The van der Waals surface area contributed by atoms with Gasteiger partial charge in [-0.25, -0.2) is 14.4 Å². The van der Waals surface area contributed by atoms with Crippen LogP contribution in [-0.4, -0.2) is 9.97 Å². The van der Waals surface area contributed by atoms with E-state index in [9.17, 15) is 8.78 Å². The van der Waals surface area contributed by atoms with Gasteiger partial charge >= 0.3 is 0 Å². The van der Waals surface area contributed by atoms with Crippen LogP contribution in [0.1, 0.15) is 5.56 Å². The molecule has 2 rings (SSSR count). The molecule has 17 heavy (non-hydrogen) atoms. The number of halogens is 3. The molecule has 1 heterocycles. The van der Waals surface area contributed by atoms with Gasteiger partial charge in [0.25, 0.3) is 0 Å². The third-order valence-corrected chi connectivity index (χ3v) is 2.59. The molecule has 0 bridgehead atoms. The standard InChI is InChI=1S/C11H8BrF2N3/c12-8-1-2-9(13)7(3-8)5-15-11-4-10(14)16-6-17-11/h1-4,6H,5H2,(H,15,16,17). The zero-order chi connectivity index (χ0) is 12.3. The van der Waals surface area contributed by atoms with Crippen LogP contribution in [0.3, 0.4) is 0 Å². The maximum Gasteiger partial charge on any atom is 0.217 e. The molecule has 88 valence electrons. The van der Waals surface area contributed by atoms with Crippen molar-refractivity contribution < 1.29 is 8.78 Å². The number of nitrogens with one attached hydrogen (secondary N) is 1. The molecule has 0 radical (unpaired) electrons. The molecular weight excluding hydrogens is 292 g/mol. The monoisotopic (exact) mass is 299 g/mol. The van der Waals surface area contributed by atoms with Crippen molar-refractivity contribution in [3.05, 3.63) is 52.4 Å². The van der Waals surface area contributed by atoms with Crippen LogP contribution in [0.5, 0.6) is 0 Å². The van der Waals surface area contributed by atoms with E-state index in [1.54, 1.807) is 12.1 Å². The van der Waals surface area contributed by atoms with Crippen molar-refractivity contribution in [2.45, 2.75) is 6.54 Å². The van der Waals surface area contributed by atoms with Gasteiger partial charge < -0.3 is 5.32 Å². The second-order valence-electron chi connectivity index (χ2n) is 3.32. The number of aromatic nitrogens is 2. The zero-order valence-corrected chi connectivity index (χ0v) is 10.2. The number of benzene rings is 1. The van der Waals surface area contributed by atoms with Crippen molar-refractivity contribution >= 4 is 21.7 Å². The van der Waals surface area contributed by atoms with Crippen LogP contribution >= 0.6 is 15.9 Å². The Morgan fingerprint density at radius 3 is 2.76 bits per heavy atom. The molecule has 2 aromatic rings. The molecule has 0 amide bonds. The second kappa shape index (κ2) is 5.18. The van der Waals surface area contributed by atoms with Gasteiger partial charge in [-0.2, -0.15) is 4.39 Å². The van der Waals surface area contributed by atoms with Crippen LogP contribution in [0, 0.1) is 11.8 Å². The Hall–Kier alpha value is -1.56. The summed E-state index contributed by atoms with van der Waals surface area (Å²) in [5.74, 6) is -0.635. The molecule has 6 heteroatoms. The van der Waals surface area contributed by atoms with E-state index in [0.717, 1.165) is 16.9 Å². The first-order valence-electron chi connectivity index (χ1n) is 4.80. The Bertz CT molecular complexity index is 534. The minimum atomic E-state index is -0.628. The summed E-state index contributed by atoms with van der Waals surface area (Å²) in [4.78, 5) is 7.14. The van der Waals surface area contributed by atoms with Crippen molar-refractivity contribution in [2.75, 3.05) is 5.32 Å². The first-order chi connectivity index (χ1) is 8.15. The quantitative estimate of drug-likeness (QED) is 0.885. The van der Waals surface area contributed by atoms with Crippen molar-refractivity contribution in [1.82, 2.24) is 9.97 Å². The Labute approximate surface area is 105 Å². The van der Waals surface area contributed by atoms with Gasteiger partial charge in [0, 0.05) is 22.6 Å². The van der Waals surface area contributed by atoms with Crippen LogP contribution in [0.15, 0.2) is 35.1 Å². The van der Waals surface area contributed by atoms with Crippen molar-refractivity contribution in [3.8, 4) is 0 Å². The molecule has 1 aromatic carbocycles. The Balaban J connectivity index is 2.09. The van der Waals surface area contributed by atoms with Gasteiger partial charge in [-0.1, -0.05) is 15.9 Å². The normalized spacial score (nSPS) is 10.3. The summed E-state index contributed by atoms with van der Waals surface area (Å²) in [6.07, 6.45) is 1.11. The highest BCUT2D eigenvalue weighted by molar-refractivity contribution is 9.10. The molecule has 0 aliphatic carbocycles. The van der Waals surface area contributed by atoms with Crippen LogP contribution in [0.4, 0.5) is 14.6 Å². The lowest BCUT2D eigenvalue weighted by atomic mass is 10.2. The minimum Gasteiger partial charge on any atom is -0.366 e. The van der Waals surface area contributed by atoms with Gasteiger partial charge in [-0.3, -0.25) is 0 Å². The highest BCUT2D eigenvalue weighted by Crippen LogP contribution is 2.16. The molecule has 0 saturated carbocycles. The fourth-order valence-corrected chi connectivity index (χ4v) is 1.70. The van der Waals surface area contributed by atoms with Gasteiger partial charge in [0.1, 0.15) is 18.0 Å². The number of hydrogen-bond acceptors (Lipinski definition) is 3. The van der Waals surface area contributed by atoms with Gasteiger partial charge in [0.15, 0.2) is 0 Å². The number of anilines is 1. The first kappa shape index (κ1) is 11.9. The molecule has 0 aliphatic heterocycles. The van der Waals surface area contributed by atoms with Crippen LogP contribution in [0.2, 0.25) is 0 Å². The Morgan fingerprint density at radius 2 is 2.00 bits per heavy atom. The molecule has 0 aliphatic rings. The van der Waals surface area contributed by atoms with Crippen molar-refractivity contribution in [1.29, 1.82) is 0 Å². The van der Waals surface area contributed by atoms with E-state index in [1.807, 2.05) is 0 Å². The lowest BCUT2D eigenvalue weighted by Gasteiger charge is -2.06. The summed E-state index contributed by atoms with van der Waals surface area (Å²) in [5.41, 5.74) is 0.471. The Kier molecular flexibility index (Phi) is 3.63. The van der Waals surface area contributed by atoms with Gasteiger partial charge in [-0.15, -0.1) is 0 Å². The van der Waals surface area contributed by atoms with Gasteiger partial charge in [0.05, 0.1) is 0 Å². The summed E-state index contributed by atoms with van der Waals surface area (Å²) >= 11 is 3.25. The smallest absolute Gasteiger partial charge is 0.217 e. The largest absolute Gasteiger partial charge is 0.366 e. The number of hydrogen-bond donors (Lipinski definition) is 1. The average molecular weight is 300 g/mol. The maximum atomic E-state index is 13.4. The number of nitrogens with zero attached hydrogens (tertiary/aromatic N) is 2. The summed E-state index contributed by atoms with van der Waals surface area (Å²) in [5, 5.41) is 2.82. The highest BCUT2D eigenvalue weighted by atomic mass is 79.9. The van der Waals surface area contributed by atoms with Crippen LogP contribution < -0.4 is 5.32 Å². The van der Waals surface area contributed by atoms with Gasteiger partial charge in [-0.05, 0) is 18.2 Å². The molecule has 3 nitrogen and oxygen atoms in total. The van der Waals surface area contributed by atoms with E-state index in [0.29, 0.717) is 11.4 Å². The molecule has 0 fully saturated rings. The molecule has 0 saturated heterocycles. The SMILES string of the molecule is Fc1cc(NCc2cc(Br)ccc2F)ncn1. The average Bonchev–Trinajstić information content (AvgIpc) is 2.30. The second-order valence-corrected chi connectivity index (χ2v) is 4.23. The lowest BCUT2D eigenvalue weighted by Crippen LogP contribution is -2.04. The summed E-state index contributed by atoms with van der Waals surface area (Å²) in [6, 6.07) is 5.78. The van der Waals surface area contributed by atoms with Crippen LogP contribution in [-0.2, 0) is 6.54 Å². The molecule has 1 N–H and O–H groups in total. The van der Waals surface area contributed by atoms with E-state index in [4.69, 9.17) is 0 Å².